The fourth-order valence-corrected chi connectivity index (χ4v) is 3.74. The van der Waals surface area contributed by atoms with Crippen molar-refractivity contribution in [1.82, 2.24) is 14.4 Å². The van der Waals surface area contributed by atoms with E-state index in [1.54, 1.807) is 13.2 Å². The molecular formula is C22H25N3O4. The molecule has 0 aliphatic carbocycles. The number of amides is 1. The molecule has 0 N–H and O–H groups in total. The summed E-state index contributed by atoms with van der Waals surface area (Å²) in [7, 11) is 1.66. The van der Waals surface area contributed by atoms with Crippen molar-refractivity contribution in [2.75, 3.05) is 33.3 Å². The molecule has 1 aliphatic rings. The van der Waals surface area contributed by atoms with Crippen molar-refractivity contribution < 1.29 is 13.9 Å². The van der Waals surface area contributed by atoms with Gasteiger partial charge in [0.15, 0.2) is 5.58 Å². The van der Waals surface area contributed by atoms with Crippen molar-refractivity contribution in [2.24, 2.45) is 0 Å². The molecule has 4 rings (SSSR count). The summed E-state index contributed by atoms with van der Waals surface area (Å²) in [5, 5.41) is 0. The molecule has 1 aromatic heterocycles. The predicted octanol–water partition coefficient (Wildman–Crippen LogP) is 2.34. The maximum atomic E-state index is 12.6. The third-order valence-electron chi connectivity index (χ3n) is 5.41. The molecular weight excluding hydrogens is 370 g/mol. The van der Waals surface area contributed by atoms with Gasteiger partial charge in [0, 0.05) is 45.7 Å². The van der Waals surface area contributed by atoms with Crippen LogP contribution in [0.4, 0.5) is 0 Å². The van der Waals surface area contributed by atoms with Gasteiger partial charge in [-0.3, -0.25) is 14.3 Å². The molecule has 0 spiro atoms. The fraction of sp³-hybridized carbons (Fsp3) is 0.364. The molecule has 1 saturated heterocycles. The molecule has 0 radical (unpaired) electrons. The van der Waals surface area contributed by atoms with Gasteiger partial charge in [-0.25, -0.2) is 4.79 Å². The van der Waals surface area contributed by atoms with Crippen LogP contribution in [-0.4, -0.2) is 53.6 Å². The van der Waals surface area contributed by atoms with Crippen LogP contribution in [0.5, 0.6) is 5.75 Å². The van der Waals surface area contributed by atoms with Gasteiger partial charge in [0.05, 0.1) is 12.6 Å². The summed E-state index contributed by atoms with van der Waals surface area (Å²) < 4.78 is 12.0. The molecule has 3 aromatic rings. The molecule has 2 aromatic carbocycles. The molecule has 1 aliphatic heterocycles. The number of aryl methyl sites for hydroxylation is 1. The summed E-state index contributed by atoms with van der Waals surface area (Å²) in [6, 6.07) is 15.4. The number of hydrogen-bond acceptors (Lipinski definition) is 5. The number of carbonyl (C=O) groups excluding carboxylic acids is 1. The minimum atomic E-state index is -0.414. The number of para-hydroxylation sites is 2. The number of aromatic nitrogens is 1. The van der Waals surface area contributed by atoms with Crippen LogP contribution in [-0.2, 0) is 17.9 Å². The van der Waals surface area contributed by atoms with E-state index in [9.17, 15) is 9.59 Å². The summed E-state index contributed by atoms with van der Waals surface area (Å²) in [5.41, 5.74) is 2.52. The standard InChI is InChI=1S/C22H25N3O4/c1-28-18-8-6-17(7-9-18)16-23-12-14-24(15-13-23)21(26)10-11-25-19-4-2-3-5-20(19)29-22(25)27/h2-9H,10-16H2,1H3. The normalized spacial score (nSPS) is 15.0. The first-order valence-electron chi connectivity index (χ1n) is 9.85. The lowest BCUT2D eigenvalue weighted by atomic mass is 10.2. The molecule has 152 valence electrons. The second-order valence-electron chi connectivity index (χ2n) is 7.24. The Morgan fingerprint density at radius 3 is 2.48 bits per heavy atom. The second-order valence-corrected chi connectivity index (χ2v) is 7.24. The van der Waals surface area contributed by atoms with Crippen LogP contribution in [0.2, 0.25) is 0 Å². The second kappa shape index (κ2) is 8.53. The van der Waals surface area contributed by atoms with Crippen LogP contribution in [0.1, 0.15) is 12.0 Å². The number of ether oxygens (including phenoxy) is 1. The van der Waals surface area contributed by atoms with E-state index in [0.717, 1.165) is 30.9 Å². The van der Waals surface area contributed by atoms with E-state index >= 15 is 0 Å². The lowest BCUT2D eigenvalue weighted by Crippen LogP contribution is -2.48. The van der Waals surface area contributed by atoms with E-state index < -0.39 is 5.76 Å². The predicted molar refractivity (Wildman–Crippen MR) is 110 cm³/mol. The quantitative estimate of drug-likeness (QED) is 0.641. The van der Waals surface area contributed by atoms with Gasteiger partial charge in [-0.2, -0.15) is 0 Å². The van der Waals surface area contributed by atoms with Crippen molar-refractivity contribution in [3.63, 3.8) is 0 Å². The van der Waals surface area contributed by atoms with E-state index in [1.807, 2.05) is 35.2 Å². The van der Waals surface area contributed by atoms with Gasteiger partial charge >= 0.3 is 5.76 Å². The summed E-state index contributed by atoms with van der Waals surface area (Å²) in [6.07, 6.45) is 0.294. The van der Waals surface area contributed by atoms with Crippen molar-refractivity contribution in [1.29, 1.82) is 0 Å². The van der Waals surface area contributed by atoms with Gasteiger partial charge in [0.2, 0.25) is 5.91 Å². The number of nitrogens with zero attached hydrogens (tertiary/aromatic N) is 3. The van der Waals surface area contributed by atoms with E-state index in [0.29, 0.717) is 31.6 Å². The van der Waals surface area contributed by atoms with E-state index in [1.165, 1.54) is 10.1 Å². The van der Waals surface area contributed by atoms with Gasteiger partial charge in [-0.15, -0.1) is 0 Å². The first-order valence-corrected chi connectivity index (χ1v) is 9.85. The molecule has 2 heterocycles. The van der Waals surface area contributed by atoms with Crippen LogP contribution < -0.4 is 10.5 Å². The average molecular weight is 395 g/mol. The highest BCUT2D eigenvalue weighted by Crippen LogP contribution is 2.15. The first-order chi connectivity index (χ1) is 14.1. The molecule has 29 heavy (non-hydrogen) atoms. The monoisotopic (exact) mass is 395 g/mol. The van der Waals surface area contributed by atoms with Crippen molar-refractivity contribution in [2.45, 2.75) is 19.5 Å². The van der Waals surface area contributed by atoms with Gasteiger partial charge in [0.25, 0.3) is 0 Å². The van der Waals surface area contributed by atoms with Crippen LogP contribution in [0.15, 0.2) is 57.7 Å². The van der Waals surface area contributed by atoms with Gasteiger partial charge in [0.1, 0.15) is 5.75 Å². The maximum Gasteiger partial charge on any atom is 0.419 e. The Bertz CT molecular complexity index is 1030. The minimum Gasteiger partial charge on any atom is -0.497 e. The number of fused-ring (bicyclic) bond motifs is 1. The Morgan fingerprint density at radius 1 is 1.03 bits per heavy atom. The van der Waals surface area contributed by atoms with E-state index in [-0.39, 0.29) is 5.91 Å². The summed E-state index contributed by atoms with van der Waals surface area (Å²) in [6.45, 7) is 4.29. The maximum absolute atomic E-state index is 12.6. The van der Waals surface area contributed by atoms with Crippen LogP contribution in [0.3, 0.4) is 0 Å². The molecule has 1 fully saturated rings. The first kappa shape index (κ1) is 19.3. The number of methoxy groups -OCH3 is 1. The van der Waals surface area contributed by atoms with Gasteiger partial charge in [-0.1, -0.05) is 24.3 Å². The minimum absolute atomic E-state index is 0.0753. The smallest absolute Gasteiger partial charge is 0.419 e. The third kappa shape index (κ3) is 4.35. The lowest BCUT2D eigenvalue weighted by molar-refractivity contribution is -0.133. The molecule has 0 atom stereocenters. The highest BCUT2D eigenvalue weighted by atomic mass is 16.5. The zero-order valence-electron chi connectivity index (χ0n) is 16.5. The SMILES string of the molecule is COc1ccc(CN2CCN(C(=O)CCn3c(=O)oc4ccccc43)CC2)cc1. The molecule has 7 nitrogen and oxygen atoms in total. The Morgan fingerprint density at radius 2 is 1.76 bits per heavy atom. The van der Waals surface area contributed by atoms with Crippen LogP contribution in [0, 0.1) is 0 Å². The number of piperazine rings is 1. The Kier molecular flexibility index (Phi) is 5.67. The Balaban J connectivity index is 1.28. The van der Waals surface area contributed by atoms with Crippen LogP contribution in [0.25, 0.3) is 11.1 Å². The number of carbonyl (C=O) groups is 1. The van der Waals surface area contributed by atoms with E-state index in [4.69, 9.17) is 9.15 Å². The topological polar surface area (TPSA) is 67.9 Å². The molecule has 0 saturated carbocycles. The number of benzene rings is 2. The number of oxazole rings is 1. The molecule has 0 unspecified atom stereocenters. The van der Waals surface area contributed by atoms with Crippen molar-refractivity contribution in [3.8, 4) is 5.75 Å². The summed E-state index contributed by atoms with van der Waals surface area (Å²) >= 11 is 0. The zero-order valence-corrected chi connectivity index (χ0v) is 16.5. The summed E-state index contributed by atoms with van der Waals surface area (Å²) in [5.74, 6) is 0.517. The largest absolute Gasteiger partial charge is 0.497 e. The zero-order chi connectivity index (χ0) is 20.2. The van der Waals surface area contributed by atoms with E-state index in [2.05, 4.69) is 17.0 Å². The average Bonchev–Trinajstić information content (AvgIpc) is 3.08. The number of rotatable bonds is 6. The van der Waals surface area contributed by atoms with Crippen LogP contribution >= 0.6 is 0 Å². The van der Waals surface area contributed by atoms with Gasteiger partial charge in [-0.05, 0) is 29.8 Å². The summed E-state index contributed by atoms with van der Waals surface area (Å²) in [4.78, 5) is 28.9. The highest BCUT2D eigenvalue weighted by Gasteiger charge is 2.21. The molecule has 7 heteroatoms. The lowest BCUT2D eigenvalue weighted by Gasteiger charge is -2.34. The fourth-order valence-electron chi connectivity index (χ4n) is 3.74. The molecule has 1 amide bonds. The third-order valence-corrected chi connectivity index (χ3v) is 5.41. The highest BCUT2D eigenvalue weighted by molar-refractivity contribution is 5.77. The Hall–Kier alpha value is -3.06. The Labute approximate surface area is 169 Å². The van der Waals surface area contributed by atoms with Crippen molar-refractivity contribution in [3.05, 3.63) is 64.6 Å². The van der Waals surface area contributed by atoms with Gasteiger partial charge < -0.3 is 14.1 Å². The number of hydrogen-bond donors (Lipinski definition) is 0. The molecule has 0 bridgehead atoms. The van der Waals surface area contributed by atoms with Crippen molar-refractivity contribution >= 4 is 17.0 Å².